The summed E-state index contributed by atoms with van der Waals surface area (Å²) in [5.41, 5.74) is 5.95. The Morgan fingerprint density at radius 1 is 1.21 bits per heavy atom. The summed E-state index contributed by atoms with van der Waals surface area (Å²) in [5, 5.41) is 0. The Morgan fingerprint density at radius 2 is 1.84 bits per heavy atom. The molecule has 2 rings (SSSR count). The maximum Gasteiger partial charge on any atom is 0.214 e. The van der Waals surface area contributed by atoms with E-state index in [9.17, 15) is 8.42 Å². The molecule has 0 aromatic heterocycles. The van der Waals surface area contributed by atoms with E-state index >= 15 is 0 Å². The van der Waals surface area contributed by atoms with Crippen molar-refractivity contribution < 1.29 is 8.42 Å². The highest BCUT2D eigenvalue weighted by Gasteiger charge is 2.43. The van der Waals surface area contributed by atoms with Crippen LogP contribution in [0.1, 0.15) is 40.0 Å². The van der Waals surface area contributed by atoms with Gasteiger partial charge in [0.05, 0.1) is 5.75 Å². The molecule has 3 atom stereocenters. The van der Waals surface area contributed by atoms with Crippen molar-refractivity contribution in [3.05, 3.63) is 0 Å². The van der Waals surface area contributed by atoms with E-state index < -0.39 is 10.0 Å². The second-order valence-electron chi connectivity index (χ2n) is 7.15. The molecular formula is C13H27ClN2O2S. The zero-order chi connectivity index (χ0) is 13.6. The summed E-state index contributed by atoms with van der Waals surface area (Å²) < 4.78 is 26.5. The van der Waals surface area contributed by atoms with Crippen LogP contribution in [0.15, 0.2) is 0 Å². The van der Waals surface area contributed by atoms with Crippen LogP contribution in [-0.2, 0) is 10.0 Å². The fourth-order valence-electron chi connectivity index (χ4n) is 3.34. The molecule has 114 valence electrons. The van der Waals surface area contributed by atoms with E-state index in [1.165, 1.54) is 0 Å². The van der Waals surface area contributed by atoms with Gasteiger partial charge < -0.3 is 5.73 Å². The largest absolute Gasteiger partial charge is 0.327 e. The molecule has 0 aromatic rings. The van der Waals surface area contributed by atoms with Gasteiger partial charge in [-0.1, -0.05) is 27.2 Å². The van der Waals surface area contributed by atoms with Crippen molar-refractivity contribution >= 4 is 22.4 Å². The first kappa shape index (κ1) is 17.2. The molecule has 1 saturated heterocycles. The van der Waals surface area contributed by atoms with E-state index in [0.29, 0.717) is 24.9 Å². The third kappa shape index (κ3) is 4.06. The van der Waals surface area contributed by atoms with Crippen LogP contribution < -0.4 is 5.73 Å². The topological polar surface area (TPSA) is 63.4 Å². The number of hydrogen-bond acceptors (Lipinski definition) is 3. The van der Waals surface area contributed by atoms with Crippen molar-refractivity contribution in [2.75, 3.05) is 18.8 Å². The molecule has 1 aliphatic heterocycles. The van der Waals surface area contributed by atoms with Crippen LogP contribution in [0.5, 0.6) is 0 Å². The number of rotatable bonds is 2. The predicted octanol–water partition coefficient (Wildman–Crippen LogP) is 1.84. The average Bonchev–Trinajstić information content (AvgIpc) is 2.59. The second-order valence-corrected chi connectivity index (χ2v) is 9.12. The lowest BCUT2D eigenvalue weighted by Crippen LogP contribution is -2.39. The molecule has 0 bridgehead atoms. The molecule has 19 heavy (non-hydrogen) atoms. The van der Waals surface area contributed by atoms with Gasteiger partial charge in [-0.2, -0.15) is 0 Å². The standard InChI is InChI=1S/C13H26N2O2S.ClH/c1-13(2,3)9-18(16,17)15-7-10-5-4-6-12(14)11(10)8-15;/h10-12H,4-9,14H2,1-3H3;1H. The third-order valence-corrected chi connectivity index (χ3v) is 6.44. The number of nitrogens with zero attached hydrogens (tertiary/aromatic N) is 1. The predicted molar refractivity (Wildman–Crippen MR) is 80.9 cm³/mol. The minimum Gasteiger partial charge on any atom is -0.327 e. The van der Waals surface area contributed by atoms with E-state index in [4.69, 9.17) is 5.73 Å². The molecule has 1 heterocycles. The van der Waals surface area contributed by atoms with Crippen molar-refractivity contribution in [1.82, 2.24) is 4.31 Å². The Morgan fingerprint density at radius 3 is 2.37 bits per heavy atom. The maximum atomic E-state index is 12.4. The quantitative estimate of drug-likeness (QED) is 0.846. The first-order chi connectivity index (χ1) is 8.19. The number of sulfonamides is 1. The number of fused-ring (bicyclic) bond motifs is 1. The van der Waals surface area contributed by atoms with Crippen molar-refractivity contribution in [2.45, 2.75) is 46.1 Å². The summed E-state index contributed by atoms with van der Waals surface area (Å²) in [6, 6.07) is 0.193. The number of hydrogen-bond donors (Lipinski definition) is 1. The molecule has 2 aliphatic rings. The highest BCUT2D eigenvalue weighted by atomic mass is 35.5. The normalized spacial score (nSPS) is 32.7. The van der Waals surface area contributed by atoms with Gasteiger partial charge in [-0.25, -0.2) is 12.7 Å². The monoisotopic (exact) mass is 310 g/mol. The molecule has 1 aliphatic carbocycles. The van der Waals surface area contributed by atoms with Crippen molar-refractivity contribution in [3.63, 3.8) is 0 Å². The van der Waals surface area contributed by atoms with Gasteiger partial charge in [-0.15, -0.1) is 12.4 Å². The lowest BCUT2D eigenvalue weighted by Gasteiger charge is -2.29. The van der Waals surface area contributed by atoms with Gasteiger partial charge in [0.15, 0.2) is 0 Å². The van der Waals surface area contributed by atoms with E-state index in [-0.39, 0.29) is 29.6 Å². The molecule has 0 aromatic carbocycles. The zero-order valence-corrected chi connectivity index (χ0v) is 13.8. The van der Waals surface area contributed by atoms with Gasteiger partial charge in [-0.05, 0) is 30.1 Å². The van der Waals surface area contributed by atoms with Crippen molar-refractivity contribution in [3.8, 4) is 0 Å². The van der Waals surface area contributed by atoms with Crippen LogP contribution >= 0.6 is 12.4 Å². The molecule has 0 radical (unpaired) electrons. The van der Waals surface area contributed by atoms with Gasteiger partial charge >= 0.3 is 0 Å². The van der Waals surface area contributed by atoms with E-state index in [1.807, 2.05) is 20.8 Å². The Labute approximate surface area is 123 Å². The molecule has 1 saturated carbocycles. The molecule has 4 nitrogen and oxygen atoms in total. The Hall–Kier alpha value is 0.160. The average molecular weight is 311 g/mol. The molecule has 6 heteroatoms. The number of halogens is 1. The van der Waals surface area contributed by atoms with Crippen LogP contribution in [0.2, 0.25) is 0 Å². The van der Waals surface area contributed by atoms with Gasteiger partial charge in [0, 0.05) is 19.1 Å². The lowest BCUT2D eigenvalue weighted by molar-refractivity contribution is 0.260. The molecule has 3 unspecified atom stereocenters. The van der Waals surface area contributed by atoms with E-state index in [1.54, 1.807) is 4.31 Å². The van der Waals surface area contributed by atoms with Crippen LogP contribution in [0.25, 0.3) is 0 Å². The van der Waals surface area contributed by atoms with Crippen LogP contribution in [-0.4, -0.2) is 37.6 Å². The van der Waals surface area contributed by atoms with Crippen molar-refractivity contribution in [1.29, 1.82) is 0 Å². The summed E-state index contributed by atoms with van der Waals surface area (Å²) >= 11 is 0. The van der Waals surface area contributed by atoms with Gasteiger partial charge in [0.2, 0.25) is 10.0 Å². The molecule has 0 spiro atoms. The van der Waals surface area contributed by atoms with Crippen molar-refractivity contribution in [2.24, 2.45) is 23.0 Å². The molecule has 2 fully saturated rings. The summed E-state index contributed by atoms with van der Waals surface area (Å²) in [5.74, 6) is 1.10. The SMILES string of the molecule is CC(C)(C)CS(=O)(=O)N1CC2CCCC(N)C2C1.Cl. The summed E-state index contributed by atoms with van der Waals surface area (Å²) in [7, 11) is -3.12. The highest BCUT2D eigenvalue weighted by Crippen LogP contribution is 2.37. The zero-order valence-electron chi connectivity index (χ0n) is 12.1. The first-order valence-corrected chi connectivity index (χ1v) is 8.53. The minimum absolute atomic E-state index is 0. The Bertz CT molecular complexity index is 405. The van der Waals surface area contributed by atoms with Gasteiger partial charge in [0.25, 0.3) is 0 Å². The smallest absolute Gasteiger partial charge is 0.214 e. The van der Waals surface area contributed by atoms with E-state index in [2.05, 4.69) is 0 Å². The van der Waals surface area contributed by atoms with E-state index in [0.717, 1.165) is 19.3 Å². The summed E-state index contributed by atoms with van der Waals surface area (Å²) in [4.78, 5) is 0. The number of nitrogens with two attached hydrogens (primary N) is 1. The maximum absolute atomic E-state index is 12.4. The first-order valence-electron chi connectivity index (χ1n) is 6.92. The van der Waals surface area contributed by atoms with Gasteiger partial charge in [-0.3, -0.25) is 0 Å². The molecule has 2 N–H and O–H groups in total. The molecule has 0 amide bonds. The minimum atomic E-state index is -3.12. The second kappa shape index (κ2) is 5.88. The third-order valence-electron chi connectivity index (χ3n) is 4.13. The Balaban J connectivity index is 0.00000180. The molecular weight excluding hydrogens is 284 g/mol. The lowest BCUT2D eigenvalue weighted by atomic mass is 9.78. The fourth-order valence-corrected chi connectivity index (χ4v) is 5.44. The fraction of sp³-hybridized carbons (Fsp3) is 1.00. The van der Waals surface area contributed by atoms with Crippen LogP contribution in [0.3, 0.4) is 0 Å². The highest BCUT2D eigenvalue weighted by molar-refractivity contribution is 7.89. The van der Waals surface area contributed by atoms with Gasteiger partial charge in [0.1, 0.15) is 0 Å². The van der Waals surface area contributed by atoms with Crippen LogP contribution in [0.4, 0.5) is 0 Å². The van der Waals surface area contributed by atoms with Crippen LogP contribution in [0, 0.1) is 17.3 Å². The Kier molecular flexibility index (Phi) is 5.33. The summed E-state index contributed by atoms with van der Waals surface area (Å²) in [6.07, 6.45) is 3.34. The summed E-state index contributed by atoms with van der Waals surface area (Å²) in [6.45, 7) is 7.25.